The van der Waals surface area contributed by atoms with Crippen LogP contribution in [0.2, 0.25) is 0 Å². The van der Waals surface area contributed by atoms with Crippen LogP contribution in [0.3, 0.4) is 0 Å². The van der Waals surface area contributed by atoms with Crippen molar-refractivity contribution in [3.63, 3.8) is 0 Å². The topological polar surface area (TPSA) is 28.7 Å². The number of hydrogen-bond donors (Lipinski definition) is 1. The third kappa shape index (κ3) is 1.26. The highest BCUT2D eigenvalue weighted by Gasteiger charge is 2.33. The lowest BCUT2D eigenvalue weighted by Crippen LogP contribution is -2.05. The summed E-state index contributed by atoms with van der Waals surface area (Å²) in [5.74, 6) is 0. The molecular weight excluding hydrogens is 181 g/mol. The van der Waals surface area contributed by atoms with Gasteiger partial charge in [-0.05, 0) is 12.1 Å². The van der Waals surface area contributed by atoms with E-state index in [1.807, 2.05) is 0 Å². The molecule has 0 saturated carbocycles. The van der Waals surface area contributed by atoms with Gasteiger partial charge in [-0.3, -0.25) is 0 Å². The first-order valence-corrected chi connectivity index (χ1v) is 3.51. The maximum atomic E-state index is 12.3. The molecule has 2 rings (SSSR count). The average molecular weight is 185 g/mol. The summed E-state index contributed by atoms with van der Waals surface area (Å²) in [4.78, 5) is 5.98. The van der Waals surface area contributed by atoms with Gasteiger partial charge >= 0.3 is 6.18 Å². The Hall–Kier alpha value is -1.52. The molecule has 0 unspecified atom stereocenters. The van der Waals surface area contributed by atoms with Gasteiger partial charge < -0.3 is 4.98 Å². The fourth-order valence-electron chi connectivity index (χ4n) is 1.14. The van der Waals surface area contributed by atoms with Gasteiger partial charge in [0.25, 0.3) is 0 Å². The molecule has 0 aliphatic rings. The maximum absolute atomic E-state index is 12.3. The van der Waals surface area contributed by atoms with E-state index in [0.29, 0.717) is 5.52 Å². The first kappa shape index (κ1) is 8.10. The number of aromatic nitrogens is 2. The van der Waals surface area contributed by atoms with Crippen molar-refractivity contribution in [3.8, 4) is 0 Å². The van der Waals surface area contributed by atoms with Crippen LogP contribution in [0.25, 0.3) is 11.0 Å². The number of para-hydroxylation sites is 1. The van der Waals surface area contributed by atoms with Crippen molar-refractivity contribution in [1.82, 2.24) is 9.97 Å². The van der Waals surface area contributed by atoms with E-state index in [4.69, 9.17) is 0 Å². The highest BCUT2D eigenvalue weighted by atomic mass is 19.4. The third-order valence-corrected chi connectivity index (χ3v) is 1.70. The largest absolute Gasteiger partial charge is 0.418 e. The standard InChI is InChI=1S/C8H4F3N2/c9-8(10,11)5-2-1-3-6-7(5)13-4-12-6/h1-3H,(H,12,13). The molecule has 67 valence electrons. The number of nitrogens with zero attached hydrogens (tertiary/aromatic N) is 1. The van der Waals surface area contributed by atoms with E-state index in [1.54, 1.807) is 0 Å². The Balaban J connectivity index is 2.75. The molecule has 0 spiro atoms. The van der Waals surface area contributed by atoms with Crippen LogP contribution in [0.15, 0.2) is 18.2 Å². The van der Waals surface area contributed by atoms with Crippen LogP contribution < -0.4 is 0 Å². The summed E-state index contributed by atoms with van der Waals surface area (Å²) in [5, 5.41) is 0. The number of hydrogen-bond acceptors (Lipinski definition) is 1. The van der Waals surface area contributed by atoms with E-state index in [2.05, 4.69) is 16.3 Å². The van der Waals surface area contributed by atoms with Crippen molar-refractivity contribution in [2.45, 2.75) is 6.18 Å². The fourth-order valence-corrected chi connectivity index (χ4v) is 1.14. The Kier molecular flexibility index (Phi) is 1.55. The second kappa shape index (κ2) is 2.48. The number of rotatable bonds is 0. The number of alkyl halides is 3. The number of benzene rings is 1. The molecule has 0 aliphatic heterocycles. The number of fused-ring (bicyclic) bond motifs is 1. The Morgan fingerprint density at radius 1 is 1.31 bits per heavy atom. The van der Waals surface area contributed by atoms with E-state index < -0.39 is 11.7 Å². The molecule has 2 nitrogen and oxygen atoms in total. The lowest BCUT2D eigenvalue weighted by Gasteiger charge is -2.05. The third-order valence-electron chi connectivity index (χ3n) is 1.70. The van der Waals surface area contributed by atoms with Crippen LogP contribution in [-0.2, 0) is 6.18 Å². The predicted molar refractivity (Wildman–Crippen MR) is 39.9 cm³/mol. The van der Waals surface area contributed by atoms with Crippen LogP contribution in [0, 0.1) is 6.33 Å². The predicted octanol–water partition coefficient (Wildman–Crippen LogP) is 2.38. The average Bonchev–Trinajstić information content (AvgIpc) is 2.48. The molecule has 0 amide bonds. The number of H-pyrrole nitrogens is 1. The Labute approximate surface area is 71.4 Å². The molecule has 0 saturated heterocycles. The molecule has 0 atom stereocenters. The summed E-state index contributed by atoms with van der Waals surface area (Å²) in [5.41, 5.74) is -0.479. The maximum Gasteiger partial charge on any atom is 0.418 e. The van der Waals surface area contributed by atoms with Crippen LogP contribution in [0.1, 0.15) is 5.56 Å². The summed E-state index contributed by atoms with van der Waals surface area (Å²) in [6.45, 7) is 0. The van der Waals surface area contributed by atoms with Crippen LogP contribution in [0.4, 0.5) is 13.2 Å². The molecule has 1 radical (unpaired) electrons. The number of imidazole rings is 1. The molecule has 0 fully saturated rings. The zero-order valence-corrected chi connectivity index (χ0v) is 6.31. The first-order chi connectivity index (χ1) is 6.09. The van der Waals surface area contributed by atoms with Gasteiger partial charge in [0.1, 0.15) is 5.52 Å². The van der Waals surface area contributed by atoms with Gasteiger partial charge in [-0.1, -0.05) is 6.07 Å². The number of aromatic amines is 1. The van der Waals surface area contributed by atoms with Gasteiger partial charge in [-0.15, -0.1) is 0 Å². The van der Waals surface area contributed by atoms with E-state index in [-0.39, 0.29) is 5.52 Å². The molecule has 1 heterocycles. The number of halogens is 3. The van der Waals surface area contributed by atoms with E-state index >= 15 is 0 Å². The second-order valence-corrected chi connectivity index (χ2v) is 2.55. The second-order valence-electron chi connectivity index (χ2n) is 2.55. The monoisotopic (exact) mass is 185 g/mol. The van der Waals surface area contributed by atoms with Crippen molar-refractivity contribution < 1.29 is 13.2 Å². The van der Waals surface area contributed by atoms with Gasteiger partial charge in [0.05, 0.1) is 11.1 Å². The lowest BCUT2D eigenvalue weighted by molar-refractivity contribution is -0.136. The van der Waals surface area contributed by atoms with Crippen molar-refractivity contribution in [3.05, 3.63) is 30.1 Å². The van der Waals surface area contributed by atoms with Crippen molar-refractivity contribution in [2.24, 2.45) is 0 Å². The molecule has 0 aliphatic carbocycles. The van der Waals surface area contributed by atoms with E-state index in [1.165, 1.54) is 12.1 Å². The van der Waals surface area contributed by atoms with Gasteiger partial charge in [-0.25, -0.2) is 4.98 Å². The fraction of sp³-hybridized carbons (Fsp3) is 0.125. The van der Waals surface area contributed by atoms with Crippen molar-refractivity contribution in [1.29, 1.82) is 0 Å². The molecule has 1 aromatic carbocycles. The summed E-state index contributed by atoms with van der Waals surface area (Å²) in [6, 6.07) is 3.85. The molecule has 5 heteroatoms. The molecule has 0 bridgehead atoms. The summed E-state index contributed by atoms with van der Waals surface area (Å²) in [6.07, 6.45) is -2.08. The van der Waals surface area contributed by atoms with Crippen molar-refractivity contribution >= 4 is 11.0 Å². The van der Waals surface area contributed by atoms with Crippen molar-refractivity contribution in [2.75, 3.05) is 0 Å². The molecular formula is C8H4F3N2. The minimum Gasteiger partial charge on any atom is -0.335 e. The van der Waals surface area contributed by atoms with Gasteiger partial charge in [0.2, 0.25) is 0 Å². The van der Waals surface area contributed by atoms with Crippen LogP contribution in [0.5, 0.6) is 0 Å². The highest BCUT2D eigenvalue weighted by molar-refractivity contribution is 5.78. The quantitative estimate of drug-likeness (QED) is 0.670. The smallest absolute Gasteiger partial charge is 0.335 e. The van der Waals surface area contributed by atoms with Gasteiger partial charge in [-0.2, -0.15) is 13.2 Å². The summed E-state index contributed by atoms with van der Waals surface area (Å²) >= 11 is 0. The van der Waals surface area contributed by atoms with Crippen LogP contribution in [-0.4, -0.2) is 9.97 Å². The van der Waals surface area contributed by atoms with E-state index in [9.17, 15) is 13.2 Å². The summed E-state index contributed by atoms with van der Waals surface area (Å²) in [7, 11) is 0. The SMILES string of the molecule is FC(F)(F)c1cccc2[nH][c]nc12. The number of nitrogens with one attached hydrogen (secondary N) is 1. The summed E-state index contributed by atoms with van der Waals surface area (Å²) < 4.78 is 37.0. The minimum absolute atomic E-state index is 0.0880. The Bertz CT molecular complexity index is 430. The van der Waals surface area contributed by atoms with Crippen LogP contribution >= 0.6 is 0 Å². The molecule has 1 N–H and O–H groups in total. The van der Waals surface area contributed by atoms with E-state index in [0.717, 1.165) is 6.07 Å². The minimum atomic E-state index is -4.36. The zero-order chi connectivity index (χ0) is 9.47. The Morgan fingerprint density at radius 3 is 2.77 bits per heavy atom. The normalized spacial score (nSPS) is 12.2. The highest BCUT2D eigenvalue weighted by Crippen LogP contribution is 2.32. The lowest BCUT2D eigenvalue weighted by atomic mass is 10.2. The molecule has 13 heavy (non-hydrogen) atoms. The van der Waals surface area contributed by atoms with Gasteiger partial charge in [0, 0.05) is 0 Å². The Morgan fingerprint density at radius 2 is 2.08 bits per heavy atom. The molecule has 2 aromatic rings. The first-order valence-electron chi connectivity index (χ1n) is 3.51. The molecule has 1 aromatic heterocycles. The zero-order valence-electron chi connectivity index (χ0n) is 6.31. The van der Waals surface area contributed by atoms with Gasteiger partial charge in [0.15, 0.2) is 6.33 Å².